The molecule has 2 unspecified atom stereocenters. The van der Waals surface area contributed by atoms with Crippen LogP contribution in [-0.4, -0.2) is 36.7 Å². The van der Waals surface area contributed by atoms with E-state index < -0.39 is 0 Å². The number of anilines is 1. The molecule has 1 fully saturated rings. The van der Waals surface area contributed by atoms with Crippen molar-refractivity contribution in [2.45, 2.75) is 13.3 Å². The summed E-state index contributed by atoms with van der Waals surface area (Å²) in [6.45, 7) is 5.00. The van der Waals surface area contributed by atoms with E-state index >= 15 is 0 Å². The first-order chi connectivity index (χ1) is 8.24. The van der Waals surface area contributed by atoms with Crippen molar-refractivity contribution in [3.8, 4) is 5.88 Å². The summed E-state index contributed by atoms with van der Waals surface area (Å²) in [4.78, 5) is 10.6. The summed E-state index contributed by atoms with van der Waals surface area (Å²) in [7, 11) is 1.62. The van der Waals surface area contributed by atoms with Gasteiger partial charge in [0.1, 0.15) is 12.1 Å². The highest BCUT2D eigenvalue weighted by molar-refractivity contribution is 5.41. The lowest BCUT2D eigenvalue weighted by atomic mass is 9.87. The maximum absolute atomic E-state index is 5.81. The number of ether oxygens (including phenoxy) is 1. The Morgan fingerprint density at radius 3 is 3.06 bits per heavy atom. The first-order valence-electron chi connectivity index (χ1n) is 6.05. The molecule has 2 rings (SSSR count). The second kappa shape index (κ2) is 5.31. The van der Waals surface area contributed by atoms with Crippen molar-refractivity contribution in [3.63, 3.8) is 0 Å². The van der Waals surface area contributed by atoms with E-state index in [1.807, 2.05) is 6.07 Å². The lowest BCUT2D eigenvalue weighted by Crippen LogP contribution is -2.43. The fourth-order valence-electron chi connectivity index (χ4n) is 2.28. The summed E-state index contributed by atoms with van der Waals surface area (Å²) in [5, 5.41) is 0. The lowest BCUT2D eigenvalue weighted by Gasteiger charge is -2.37. The van der Waals surface area contributed by atoms with E-state index in [1.165, 1.54) is 0 Å². The Morgan fingerprint density at radius 2 is 2.35 bits per heavy atom. The fraction of sp³-hybridized carbons (Fsp3) is 0.667. The number of nitrogens with zero attached hydrogens (tertiary/aromatic N) is 3. The van der Waals surface area contributed by atoms with Gasteiger partial charge in [-0.2, -0.15) is 0 Å². The molecule has 0 bridgehead atoms. The van der Waals surface area contributed by atoms with Gasteiger partial charge in [-0.1, -0.05) is 6.92 Å². The Labute approximate surface area is 102 Å². The van der Waals surface area contributed by atoms with Crippen molar-refractivity contribution in [1.29, 1.82) is 0 Å². The van der Waals surface area contributed by atoms with Gasteiger partial charge in [-0.05, 0) is 24.8 Å². The summed E-state index contributed by atoms with van der Waals surface area (Å²) < 4.78 is 5.12. The van der Waals surface area contributed by atoms with Crippen molar-refractivity contribution >= 4 is 5.82 Å². The predicted molar refractivity (Wildman–Crippen MR) is 67.1 cm³/mol. The second-order valence-electron chi connectivity index (χ2n) is 4.63. The smallest absolute Gasteiger partial charge is 0.218 e. The number of hydrogen-bond acceptors (Lipinski definition) is 5. The van der Waals surface area contributed by atoms with Crippen LogP contribution in [0.25, 0.3) is 0 Å². The molecule has 0 aromatic carbocycles. The van der Waals surface area contributed by atoms with Crippen LogP contribution in [-0.2, 0) is 0 Å². The van der Waals surface area contributed by atoms with Gasteiger partial charge in [-0.15, -0.1) is 0 Å². The van der Waals surface area contributed by atoms with Crippen LogP contribution in [0.4, 0.5) is 5.82 Å². The van der Waals surface area contributed by atoms with Crippen molar-refractivity contribution < 1.29 is 4.74 Å². The Kier molecular flexibility index (Phi) is 3.78. The Morgan fingerprint density at radius 1 is 1.53 bits per heavy atom. The molecule has 2 atom stereocenters. The number of piperidine rings is 1. The number of rotatable bonds is 3. The van der Waals surface area contributed by atoms with E-state index in [2.05, 4.69) is 21.8 Å². The van der Waals surface area contributed by atoms with E-state index in [4.69, 9.17) is 10.5 Å². The number of hydrogen-bond donors (Lipinski definition) is 1. The molecule has 94 valence electrons. The summed E-state index contributed by atoms with van der Waals surface area (Å²) in [6.07, 6.45) is 2.71. The zero-order valence-electron chi connectivity index (χ0n) is 10.5. The van der Waals surface area contributed by atoms with Crippen LogP contribution < -0.4 is 15.4 Å². The molecule has 1 aromatic heterocycles. The molecule has 0 spiro atoms. The van der Waals surface area contributed by atoms with Crippen LogP contribution >= 0.6 is 0 Å². The summed E-state index contributed by atoms with van der Waals surface area (Å²) >= 11 is 0. The zero-order valence-corrected chi connectivity index (χ0v) is 10.5. The minimum Gasteiger partial charge on any atom is -0.481 e. The topological polar surface area (TPSA) is 64.3 Å². The fourth-order valence-corrected chi connectivity index (χ4v) is 2.28. The van der Waals surface area contributed by atoms with E-state index in [9.17, 15) is 0 Å². The SMILES string of the molecule is COc1cc(N2CCC(C)C(CN)C2)ncn1. The van der Waals surface area contributed by atoms with Gasteiger partial charge in [-0.3, -0.25) is 0 Å². The summed E-state index contributed by atoms with van der Waals surface area (Å²) in [6, 6.07) is 1.88. The largest absolute Gasteiger partial charge is 0.481 e. The van der Waals surface area contributed by atoms with E-state index in [-0.39, 0.29) is 0 Å². The van der Waals surface area contributed by atoms with Crippen LogP contribution in [0, 0.1) is 11.8 Å². The highest BCUT2D eigenvalue weighted by Gasteiger charge is 2.25. The first kappa shape index (κ1) is 12.1. The summed E-state index contributed by atoms with van der Waals surface area (Å²) in [5.41, 5.74) is 5.81. The number of nitrogens with two attached hydrogens (primary N) is 1. The lowest BCUT2D eigenvalue weighted by molar-refractivity contribution is 0.306. The predicted octanol–water partition coefficient (Wildman–Crippen LogP) is 0.906. The Hall–Kier alpha value is -1.36. The number of methoxy groups -OCH3 is 1. The maximum Gasteiger partial charge on any atom is 0.218 e. The van der Waals surface area contributed by atoms with Gasteiger partial charge in [0.2, 0.25) is 5.88 Å². The standard InChI is InChI=1S/C12H20N4O/c1-9-3-4-16(7-10(9)6-13)11-5-12(17-2)15-8-14-11/h5,8-10H,3-4,6-7,13H2,1-2H3. The third-order valence-corrected chi connectivity index (χ3v) is 3.58. The molecule has 1 aliphatic heterocycles. The van der Waals surface area contributed by atoms with Crippen LogP contribution in [0.3, 0.4) is 0 Å². The zero-order chi connectivity index (χ0) is 12.3. The summed E-state index contributed by atoms with van der Waals surface area (Å²) in [5.74, 6) is 2.78. The molecule has 0 saturated carbocycles. The monoisotopic (exact) mass is 236 g/mol. The van der Waals surface area contributed by atoms with Gasteiger partial charge in [0, 0.05) is 19.2 Å². The minimum atomic E-state index is 0.546. The second-order valence-corrected chi connectivity index (χ2v) is 4.63. The molecule has 1 aliphatic rings. The molecule has 17 heavy (non-hydrogen) atoms. The van der Waals surface area contributed by atoms with Crippen LogP contribution in [0.15, 0.2) is 12.4 Å². The van der Waals surface area contributed by atoms with Gasteiger partial charge < -0.3 is 15.4 Å². The van der Waals surface area contributed by atoms with Gasteiger partial charge in [0.05, 0.1) is 7.11 Å². The molecule has 0 radical (unpaired) electrons. The molecule has 1 aromatic rings. The van der Waals surface area contributed by atoms with Gasteiger partial charge >= 0.3 is 0 Å². The molecule has 5 heteroatoms. The Balaban J connectivity index is 2.11. The van der Waals surface area contributed by atoms with Crippen molar-refractivity contribution in [2.24, 2.45) is 17.6 Å². The first-order valence-corrected chi connectivity index (χ1v) is 6.05. The minimum absolute atomic E-state index is 0.546. The molecular formula is C12H20N4O. The van der Waals surface area contributed by atoms with Crippen molar-refractivity contribution in [2.75, 3.05) is 31.6 Å². The van der Waals surface area contributed by atoms with E-state index in [1.54, 1.807) is 13.4 Å². The molecule has 2 N–H and O–H groups in total. The van der Waals surface area contributed by atoms with E-state index in [0.29, 0.717) is 17.7 Å². The third kappa shape index (κ3) is 2.66. The average Bonchev–Trinajstić information content (AvgIpc) is 2.39. The quantitative estimate of drug-likeness (QED) is 0.845. The molecule has 0 amide bonds. The highest BCUT2D eigenvalue weighted by Crippen LogP contribution is 2.26. The highest BCUT2D eigenvalue weighted by atomic mass is 16.5. The van der Waals surface area contributed by atoms with Crippen LogP contribution in [0.1, 0.15) is 13.3 Å². The normalized spacial score (nSPS) is 24.8. The maximum atomic E-state index is 5.81. The molecule has 5 nitrogen and oxygen atoms in total. The third-order valence-electron chi connectivity index (χ3n) is 3.58. The van der Waals surface area contributed by atoms with Crippen LogP contribution in [0.5, 0.6) is 5.88 Å². The van der Waals surface area contributed by atoms with Crippen molar-refractivity contribution in [3.05, 3.63) is 12.4 Å². The van der Waals surface area contributed by atoms with Gasteiger partial charge in [0.25, 0.3) is 0 Å². The Bertz CT molecular complexity index is 371. The van der Waals surface area contributed by atoms with E-state index in [0.717, 1.165) is 31.9 Å². The van der Waals surface area contributed by atoms with Crippen molar-refractivity contribution in [1.82, 2.24) is 9.97 Å². The van der Waals surface area contributed by atoms with Crippen LogP contribution in [0.2, 0.25) is 0 Å². The number of aromatic nitrogens is 2. The average molecular weight is 236 g/mol. The van der Waals surface area contributed by atoms with Gasteiger partial charge in [-0.25, -0.2) is 9.97 Å². The van der Waals surface area contributed by atoms with Gasteiger partial charge in [0.15, 0.2) is 0 Å². The molecular weight excluding hydrogens is 216 g/mol. The molecule has 2 heterocycles. The molecule has 1 saturated heterocycles. The molecule has 0 aliphatic carbocycles.